The average molecular weight is 622 g/mol. The molecule has 3 rings (SSSR count). The molecular weight excluding hydrogens is 587 g/mol. The molecule has 0 aliphatic heterocycles. The van der Waals surface area contributed by atoms with Crippen LogP contribution in [0.25, 0.3) is 0 Å². The maximum Gasteiger partial charge on any atom is 0.262 e. The summed E-state index contributed by atoms with van der Waals surface area (Å²) >= 11 is 12.1. The standard InChI is InChI=1S/C29H34Cl2N4O5S/c1-19(2)35(20(3)4)16-15-32-28(36)18-33-29(37)21-9-12-23(13-10-21)41(38,39)34-25-7-5-6-8-27(25)40-26-14-11-22(30)17-24(26)31/h5-14,17,19-20,34H,15-16,18H2,1-4H3,(H,32,36)(H,33,37). The third-order valence-corrected chi connectivity index (χ3v) is 8.01. The van der Waals surface area contributed by atoms with Crippen LogP contribution < -0.4 is 20.1 Å². The molecule has 0 radical (unpaired) electrons. The largest absolute Gasteiger partial charge is 0.454 e. The summed E-state index contributed by atoms with van der Waals surface area (Å²) in [5.74, 6) is -0.271. The minimum atomic E-state index is -4.03. The molecule has 0 atom stereocenters. The molecule has 0 aromatic heterocycles. The Kier molecular flexibility index (Phi) is 11.4. The molecular formula is C29H34Cl2N4O5S. The number of rotatable bonds is 13. The summed E-state index contributed by atoms with van der Waals surface area (Å²) in [6.45, 7) is 9.36. The van der Waals surface area contributed by atoms with Gasteiger partial charge in [-0.1, -0.05) is 35.3 Å². The Morgan fingerprint density at radius 3 is 2.17 bits per heavy atom. The number of anilines is 1. The van der Waals surface area contributed by atoms with Crippen LogP contribution in [-0.2, 0) is 14.8 Å². The molecule has 0 saturated heterocycles. The lowest BCUT2D eigenvalue weighted by Gasteiger charge is -2.30. The number of nitrogens with zero attached hydrogens (tertiary/aromatic N) is 1. The highest BCUT2D eigenvalue weighted by molar-refractivity contribution is 7.92. The highest BCUT2D eigenvalue weighted by atomic mass is 35.5. The van der Waals surface area contributed by atoms with E-state index in [1.54, 1.807) is 36.4 Å². The Morgan fingerprint density at radius 2 is 1.54 bits per heavy atom. The highest BCUT2D eigenvalue weighted by Crippen LogP contribution is 2.35. The van der Waals surface area contributed by atoms with E-state index in [1.807, 2.05) is 0 Å². The monoisotopic (exact) mass is 620 g/mol. The van der Waals surface area contributed by atoms with Gasteiger partial charge in [-0.25, -0.2) is 8.42 Å². The first-order valence-corrected chi connectivity index (χ1v) is 15.3. The van der Waals surface area contributed by atoms with Crippen LogP contribution in [0.5, 0.6) is 11.5 Å². The summed E-state index contributed by atoms with van der Waals surface area (Å²) in [5, 5.41) is 6.06. The maximum atomic E-state index is 13.1. The minimum absolute atomic E-state index is 0.0639. The van der Waals surface area contributed by atoms with Gasteiger partial charge in [0.25, 0.3) is 15.9 Å². The van der Waals surface area contributed by atoms with Crippen LogP contribution in [0, 0.1) is 0 Å². The second-order valence-corrected chi connectivity index (χ2v) is 12.3. The zero-order valence-corrected chi connectivity index (χ0v) is 25.6. The van der Waals surface area contributed by atoms with Crippen molar-refractivity contribution in [1.82, 2.24) is 15.5 Å². The van der Waals surface area contributed by atoms with Crippen molar-refractivity contribution in [3.8, 4) is 11.5 Å². The van der Waals surface area contributed by atoms with E-state index in [-0.39, 0.29) is 39.4 Å². The van der Waals surface area contributed by atoms with E-state index in [9.17, 15) is 18.0 Å². The number of carbonyl (C=O) groups is 2. The van der Waals surface area contributed by atoms with Gasteiger partial charge in [0.2, 0.25) is 5.91 Å². The van der Waals surface area contributed by atoms with Crippen molar-refractivity contribution >= 4 is 50.7 Å². The van der Waals surface area contributed by atoms with Crippen LogP contribution in [0.2, 0.25) is 10.0 Å². The second kappa shape index (κ2) is 14.5. The molecule has 0 saturated carbocycles. The lowest BCUT2D eigenvalue weighted by atomic mass is 10.2. The normalized spacial score (nSPS) is 11.5. The number of hydrogen-bond acceptors (Lipinski definition) is 6. The van der Waals surface area contributed by atoms with Crippen molar-refractivity contribution in [2.45, 2.75) is 44.7 Å². The van der Waals surface area contributed by atoms with E-state index < -0.39 is 15.9 Å². The summed E-state index contributed by atoms with van der Waals surface area (Å²) < 4.78 is 34.5. The second-order valence-electron chi connectivity index (χ2n) is 9.76. The Balaban J connectivity index is 1.58. The summed E-state index contributed by atoms with van der Waals surface area (Å²) in [5.41, 5.74) is 0.403. The summed E-state index contributed by atoms with van der Waals surface area (Å²) in [4.78, 5) is 26.9. The number of benzene rings is 3. The zero-order chi connectivity index (χ0) is 30.2. The molecule has 9 nitrogen and oxygen atoms in total. The SMILES string of the molecule is CC(C)N(CCNC(=O)CNC(=O)c1ccc(S(=O)(=O)Nc2ccccc2Oc2ccc(Cl)cc2Cl)cc1)C(C)C. The number of hydrogen-bond donors (Lipinski definition) is 3. The molecule has 3 aromatic carbocycles. The van der Waals surface area contributed by atoms with Crippen LogP contribution in [0.15, 0.2) is 71.6 Å². The molecule has 220 valence electrons. The molecule has 12 heteroatoms. The lowest BCUT2D eigenvalue weighted by Crippen LogP contribution is -2.44. The molecule has 3 aromatic rings. The van der Waals surface area contributed by atoms with E-state index >= 15 is 0 Å². The summed E-state index contributed by atoms with van der Waals surface area (Å²) in [6, 6.07) is 17.3. The zero-order valence-electron chi connectivity index (χ0n) is 23.3. The molecule has 3 N–H and O–H groups in total. The Hall–Kier alpha value is -3.31. The Bertz CT molecular complexity index is 1460. The highest BCUT2D eigenvalue weighted by Gasteiger charge is 2.19. The number of carbonyl (C=O) groups excluding carboxylic acids is 2. The van der Waals surface area contributed by atoms with E-state index in [0.717, 1.165) is 0 Å². The van der Waals surface area contributed by atoms with E-state index in [0.29, 0.717) is 35.9 Å². The van der Waals surface area contributed by atoms with Crippen molar-refractivity contribution in [1.29, 1.82) is 0 Å². The van der Waals surface area contributed by atoms with Gasteiger partial charge in [0, 0.05) is 35.8 Å². The van der Waals surface area contributed by atoms with Crippen LogP contribution in [0.1, 0.15) is 38.1 Å². The lowest BCUT2D eigenvalue weighted by molar-refractivity contribution is -0.120. The van der Waals surface area contributed by atoms with E-state index in [4.69, 9.17) is 27.9 Å². The van der Waals surface area contributed by atoms with E-state index in [1.165, 1.54) is 30.3 Å². The predicted molar refractivity (Wildman–Crippen MR) is 163 cm³/mol. The van der Waals surface area contributed by atoms with Gasteiger partial charge in [0.05, 0.1) is 22.2 Å². The number of ether oxygens (including phenoxy) is 1. The smallest absolute Gasteiger partial charge is 0.262 e. The number of nitrogens with one attached hydrogen (secondary N) is 3. The third kappa shape index (κ3) is 9.36. The summed E-state index contributed by atoms with van der Waals surface area (Å²) in [6.07, 6.45) is 0. The first-order valence-electron chi connectivity index (χ1n) is 13.0. The van der Waals surface area contributed by atoms with Crippen LogP contribution in [0.4, 0.5) is 5.69 Å². The van der Waals surface area contributed by atoms with Gasteiger partial charge >= 0.3 is 0 Å². The van der Waals surface area contributed by atoms with Gasteiger partial charge in [0.1, 0.15) is 5.75 Å². The first kappa shape index (κ1) is 32.2. The van der Waals surface area contributed by atoms with Crippen LogP contribution in [-0.4, -0.2) is 56.9 Å². The van der Waals surface area contributed by atoms with Crippen molar-refractivity contribution in [3.05, 3.63) is 82.3 Å². The topological polar surface area (TPSA) is 117 Å². The Morgan fingerprint density at radius 1 is 0.878 bits per heavy atom. The molecule has 0 spiro atoms. The molecule has 41 heavy (non-hydrogen) atoms. The fourth-order valence-electron chi connectivity index (χ4n) is 4.07. The minimum Gasteiger partial charge on any atom is -0.454 e. The average Bonchev–Trinajstić information content (AvgIpc) is 2.91. The molecule has 0 unspecified atom stereocenters. The quantitative estimate of drug-likeness (QED) is 0.231. The van der Waals surface area contributed by atoms with Gasteiger partial charge in [-0.05, 0) is 82.3 Å². The van der Waals surface area contributed by atoms with Crippen molar-refractivity contribution < 1.29 is 22.7 Å². The third-order valence-electron chi connectivity index (χ3n) is 6.10. The van der Waals surface area contributed by atoms with Crippen molar-refractivity contribution in [2.24, 2.45) is 0 Å². The van der Waals surface area contributed by atoms with Gasteiger partial charge < -0.3 is 15.4 Å². The maximum absolute atomic E-state index is 13.1. The van der Waals surface area contributed by atoms with Crippen LogP contribution >= 0.6 is 23.2 Å². The summed E-state index contributed by atoms with van der Waals surface area (Å²) in [7, 11) is -4.03. The number of sulfonamides is 1. The first-order chi connectivity index (χ1) is 19.4. The van der Waals surface area contributed by atoms with Gasteiger partial charge in [-0.15, -0.1) is 0 Å². The van der Waals surface area contributed by atoms with Crippen molar-refractivity contribution in [3.63, 3.8) is 0 Å². The number of halogens is 2. The molecule has 0 heterocycles. The molecule has 0 fully saturated rings. The molecule has 0 aliphatic rings. The van der Waals surface area contributed by atoms with Crippen molar-refractivity contribution in [2.75, 3.05) is 24.4 Å². The fourth-order valence-corrected chi connectivity index (χ4v) is 5.59. The Labute approximate surface area is 251 Å². The van der Waals surface area contributed by atoms with E-state index in [2.05, 4.69) is 48.0 Å². The van der Waals surface area contributed by atoms with Gasteiger partial charge in [0.15, 0.2) is 5.75 Å². The predicted octanol–water partition coefficient (Wildman–Crippen LogP) is 5.55. The molecule has 2 amide bonds. The molecule has 0 bridgehead atoms. The van der Waals surface area contributed by atoms with Gasteiger partial charge in [-0.3, -0.25) is 19.2 Å². The molecule has 0 aliphatic carbocycles. The number of amides is 2. The van der Waals surface area contributed by atoms with Gasteiger partial charge in [-0.2, -0.15) is 0 Å². The number of para-hydroxylation sites is 2. The van der Waals surface area contributed by atoms with Crippen LogP contribution in [0.3, 0.4) is 0 Å². The fraction of sp³-hybridized carbons (Fsp3) is 0.310.